The zero-order valence-electron chi connectivity index (χ0n) is 10.5. The quantitative estimate of drug-likeness (QED) is 0.688. The number of nitrogens with zero attached hydrogens (tertiary/aromatic N) is 1. The molecule has 0 radical (unpaired) electrons. The third-order valence-electron chi connectivity index (χ3n) is 3.34. The molecule has 1 aliphatic carbocycles. The SMILES string of the molecule is NC1(C(=O)OCc2cc(Cl)nc(Cl)c2)CCCCC1. The summed E-state index contributed by atoms with van der Waals surface area (Å²) in [4.78, 5) is 15.9. The van der Waals surface area contributed by atoms with Crippen LogP contribution in [0, 0.1) is 0 Å². The predicted octanol–water partition coefficient (Wildman–Crippen LogP) is 3.09. The molecule has 104 valence electrons. The standard InChI is InChI=1S/C13H16Cl2N2O2/c14-10-6-9(7-11(15)17-10)8-19-12(18)13(16)4-2-1-3-5-13/h6-7H,1-5,8,16H2. The smallest absolute Gasteiger partial charge is 0.326 e. The maximum absolute atomic E-state index is 12.0. The average Bonchev–Trinajstić information content (AvgIpc) is 2.35. The van der Waals surface area contributed by atoms with Crippen molar-refractivity contribution >= 4 is 29.2 Å². The molecule has 19 heavy (non-hydrogen) atoms. The molecule has 0 amide bonds. The second kappa shape index (κ2) is 6.07. The highest BCUT2D eigenvalue weighted by atomic mass is 35.5. The third kappa shape index (κ3) is 3.81. The Hall–Kier alpha value is -0.840. The molecule has 1 aliphatic rings. The van der Waals surface area contributed by atoms with E-state index in [4.69, 9.17) is 33.7 Å². The summed E-state index contributed by atoms with van der Waals surface area (Å²) in [6, 6.07) is 3.23. The van der Waals surface area contributed by atoms with Crippen molar-refractivity contribution in [1.29, 1.82) is 0 Å². The zero-order valence-corrected chi connectivity index (χ0v) is 12.0. The van der Waals surface area contributed by atoms with Crippen molar-refractivity contribution in [2.45, 2.75) is 44.2 Å². The van der Waals surface area contributed by atoms with Crippen LogP contribution < -0.4 is 5.73 Å². The molecule has 2 N–H and O–H groups in total. The van der Waals surface area contributed by atoms with E-state index < -0.39 is 5.54 Å². The van der Waals surface area contributed by atoms with E-state index in [0.29, 0.717) is 18.4 Å². The fourth-order valence-corrected chi connectivity index (χ4v) is 2.78. The largest absolute Gasteiger partial charge is 0.459 e. The average molecular weight is 303 g/mol. The number of ether oxygens (including phenoxy) is 1. The molecular weight excluding hydrogens is 287 g/mol. The summed E-state index contributed by atoms with van der Waals surface area (Å²) >= 11 is 11.6. The minimum atomic E-state index is -0.834. The normalized spacial score (nSPS) is 18.1. The van der Waals surface area contributed by atoms with Gasteiger partial charge in [-0.2, -0.15) is 0 Å². The van der Waals surface area contributed by atoms with Crippen molar-refractivity contribution < 1.29 is 9.53 Å². The minimum absolute atomic E-state index is 0.111. The monoisotopic (exact) mass is 302 g/mol. The Labute approximate surface area is 122 Å². The van der Waals surface area contributed by atoms with Crippen molar-refractivity contribution in [3.8, 4) is 0 Å². The van der Waals surface area contributed by atoms with Crippen molar-refractivity contribution in [2.24, 2.45) is 5.73 Å². The fraction of sp³-hybridized carbons (Fsp3) is 0.538. The minimum Gasteiger partial charge on any atom is -0.459 e. The Kier molecular flexibility index (Phi) is 4.66. The third-order valence-corrected chi connectivity index (χ3v) is 3.73. The van der Waals surface area contributed by atoms with Gasteiger partial charge in [0.05, 0.1) is 0 Å². The van der Waals surface area contributed by atoms with Crippen LogP contribution in [0.5, 0.6) is 0 Å². The molecule has 1 aromatic rings. The molecule has 0 unspecified atom stereocenters. The van der Waals surface area contributed by atoms with Crippen LogP contribution in [0.4, 0.5) is 0 Å². The van der Waals surface area contributed by atoms with Gasteiger partial charge in [0.2, 0.25) is 0 Å². The van der Waals surface area contributed by atoms with Gasteiger partial charge in [-0.05, 0) is 30.5 Å². The van der Waals surface area contributed by atoms with Gasteiger partial charge in [-0.3, -0.25) is 4.79 Å². The lowest BCUT2D eigenvalue weighted by atomic mass is 9.83. The fourth-order valence-electron chi connectivity index (χ4n) is 2.28. The van der Waals surface area contributed by atoms with Crippen molar-refractivity contribution in [2.75, 3.05) is 0 Å². The van der Waals surface area contributed by atoms with Crippen LogP contribution in [0.3, 0.4) is 0 Å². The van der Waals surface area contributed by atoms with E-state index >= 15 is 0 Å². The van der Waals surface area contributed by atoms with Gasteiger partial charge in [-0.25, -0.2) is 4.98 Å². The van der Waals surface area contributed by atoms with Crippen LogP contribution in [-0.4, -0.2) is 16.5 Å². The number of hydrogen-bond acceptors (Lipinski definition) is 4. The maximum Gasteiger partial charge on any atom is 0.326 e. The molecular formula is C13H16Cl2N2O2. The first-order valence-corrected chi connectivity index (χ1v) is 7.03. The molecule has 1 heterocycles. The Balaban J connectivity index is 1.96. The lowest BCUT2D eigenvalue weighted by Crippen LogP contribution is -2.50. The number of carbonyl (C=O) groups excluding carboxylic acids is 1. The second-order valence-corrected chi connectivity index (χ2v) is 5.69. The lowest BCUT2D eigenvalue weighted by molar-refractivity contribution is -0.152. The van der Waals surface area contributed by atoms with Crippen molar-refractivity contribution in [3.63, 3.8) is 0 Å². The van der Waals surface area contributed by atoms with Gasteiger partial charge in [0.15, 0.2) is 0 Å². The molecule has 2 rings (SSSR count). The Morgan fingerprint density at radius 2 is 1.84 bits per heavy atom. The highest BCUT2D eigenvalue weighted by Gasteiger charge is 2.36. The van der Waals surface area contributed by atoms with Gasteiger partial charge < -0.3 is 10.5 Å². The van der Waals surface area contributed by atoms with Gasteiger partial charge in [-0.1, -0.05) is 42.5 Å². The van der Waals surface area contributed by atoms with Gasteiger partial charge in [0.1, 0.15) is 22.5 Å². The van der Waals surface area contributed by atoms with Crippen LogP contribution in [0.2, 0.25) is 10.3 Å². The highest BCUT2D eigenvalue weighted by Crippen LogP contribution is 2.27. The summed E-state index contributed by atoms with van der Waals surface area (Å²) in [5.41, 5.74) is 5.96. The van der Waals surface area contributed by atoms with E-state index in [1.807, 2.05) is 0 Å². The number of pyridine rings is 1. The number of rotatable bonds is 3. The first kappa shape index (κ1) is 14.6. The number of halogens is 2. The van der Waals surface area contributed by atoms with E-state index in [1.54, 1.807) is 12.1 Å². The Morgan fingerprint density at radius 3 is 2.42 bits per heavy atom. The molecule has 6 heteroatoms. The van der Waals surface area contributed by atoms with Crippen LogP contribution in [0.25, 0.3) is 0 Å². The summed E-state index contributed by atoms with van der Waals surface area (Å²) in [5, 5.41) is 0.553. The molecule has 0 aliphatic heterocycles. The molecule has 0 atom stereocenters. The van der Waals surface area contributed by atoms with Crippen molar-refractivity contribution in [1.82, 2.24) is 4.98 Å². The molecule has 4 nitrogen and oxygen atoms in total. The van der Waals surface area contributed by atoms with Gasteiger partial charge in [0.25, 0.3) is 0 Å². The summed E-state index contributed by atoms with van der Waals surface area (Å²) in [6.07, 6.45) is 4.44. The molecule has 1 saturated carbocycles. The van der Waals surface area contributed by atoms with Gasteiger partial charge in [0, 0.05) is 0 Å². The van der Waals surface area contributed by atoms with Crippen LogP contribution in [-0.2, 0) is 16.1 Å². The van der Waals surface area contributed by atoms with E-state index in [1.165, 1.54) is 0 Å². The molecule has 1 fully saturated rings. The van der Waals surface area contributed by atoms with E-state index in [0.717, 1.165) is 19.3 Å². The Bertz CT molecular complexity index is 453. The van der Waals surface area contributed by atoms with Crippen molar-refractivity contribution in [3.05, 3.63) is 28.0 Å². The van der Waals surface area contributed by atoms with Crippen LogP contribution >= 0.6 is 23.2 Å². The summed E-state index contributed by atoms with van der Waals surface area (Å²) in [7, 11) is 0. The number of nitrogens with two attached hydrogens (primary N) is 1. The number of esters is 1. The summed E-state index contributed by atoms with van der Waals surface area (Å²) < 4.78 is 5.27. The molecule has 0 spiro atoms. The highest BCUT2D eigenvalue weighted by molar-refractivity contribution is 6.32. The molecule has 0 bridgehead atoms. The maximum atomic E-state index is 12.0. The molecule has 1 aromatic heterocycles. The number of aromatic nitrogens is 1. The topological polar surface area (TPSA) is 65.2 Å². The summed E-state index contributed by atoms with van der Waals surface area (Å²) in [6.45, 7) is 0.111. The number of carbonyl (C=O) groups is 1. The van der Waals surface area contributed by atoms with Crippen LogP contribution in [0.15, 0.2) is 12.1 Å². The van der Waals surface area contributed by atoms with E-state index in [9.17, 15) is 4.79 Å². The molecule has 0 saturated heterocycles. The number of hydrogen-bond donors (Lipinski definition) is 1. The van der Waals surface area contributed by atoms with E-state index in [2.05, 4.69) is 4.98 Å². The van der Waals surface area contributed by atoms with Gasteiger partial charge in [-0.15, -0.1) is 0 Å². The summed E-state index contributed by atoms with van der Waals surface area (Å²) in [5.74, 6) is -0.351. The lowest BCUT2D eigenvalue weighted by Gasteiger charge is -2.30. The first-order chi connectivity index (χ1) is 8.99. The Morgan fingerprint density at radius 1 is 1.26 bits per heavy atom. The predicted molar refractivity (Wildman–Crippen MR) is 74.1 cm³/mol. The molecule has 0 aromatic carbocycles. The first-order valence-electron chi connectivity index (χ1n) is 6.28. The second-order valence-electron chi connectivity index (χ2n) is 4.91. The van der Waals surface area contributed by atoms with E-state index in [-0.39, 0.29) is 22.9 Å². The zero-order chi connectivity index (χ0) is 13.9. The van der Waals surface area contributed by atoms with Gasteiger partial charge >= 0.3 is 5.97 Å². The van der Waals surface area contributed by atoms with Crippen LogP contribution in [0.1, 0.15) is 37.7 Å².